The van der Waals surface area contributed by atoms with Crippen molar-refractivity contribution in [2.24, 2.45) is 0 Å². The summed E-state index contributed by atoms with van der Waals surface area (Å²) in [5, 5.41) is 10.3. The number of carbonyl (C=O) groups excluding carboxylic acids is 1. The van der Waals surface area contributed by atoms with Crippen molar-refractivity contribution in [2.45, 2.75) is 38.4 Å². The zero-order valence-electron chi connectivity index (χ0n) is 14.9. The highest BCUT2D eigenvalue weighted by Gasteiger charge is 2.32. The third-order valence-electron chi connectivity index (χ3n) is 4.51. The number of aliphatic hydroxyl groups is 1. The van der Waals surface area contributed by atoms with Gasteiger partial charge < -0.3 is 19.7 Å². The second-order valence-electron chi connectivity index (χ2n) is 6.80. The Morgan fingerprint density at radius 2 is 2.19 bits per heavy atom. The third kappa shape index (κ3) is 4.11. The van der Waals surface area contributed by atoms with Gasteiger partial charge in [-0.1, -0.05) is 26.0 Å². The first-order chi connectivity index (χ1) is 12.4. The number of piperidine rings is 1. The molecule has 1 fully saturated rings. The molecule has 0 unspecified atom stereocenters. The van der Waals surface area contributed by atoms with E-state index in [1.165, 1.54) is 6.20 Å². The molecule has 1 aromatic carbocycles. The zero-order chi connectivity index (χ0) is 18.7. The van der Waals surface area contributed by atoms with Crippen LogP contribution in [0, 0.1) is 0 Å². The number of amides is 1. The first kappa shape index (κ1) is 18.1. The van der Waals surface area contributed by atoms with Crippen LogP contribution in [0.25, 0.3) is 0 Å². The molecule has 0 saturated carbocycles. The van der Waals surface area contributed by atoms with E-state index in [9.17, 15) is 14.7 Å². The van der Waals surface area contributed by atoms with E-state index >= 15 is 0 Å². The number of hydrogen-bond donors (Lipinski definition) is 2. The Hall–Kier alpha value is -2.67. The van der Waals surface area contributed by atoms with Crippen molar-refractivity contribution in [1.29, 1.82) is 0 Å². The van der Waals surface area contributed by atoms with Crippen molar-refractivity contribution in [1.82, 2.24) is 14.9 Å². The molecular formula is C19H23N3O4. The van der Waals surface area contributed by atoms with Crippen LogP contribution in [0.2, 0.25) is 0 Å². The van der Waals surface area contributed by atoms with E-state index < -0.39 is 17.8 Å². The molecule has 138 valence electrons. The van der Waals surface area contributed by atoms with Gasteiger partial charge in [0.1, 0.15) is 17.5 Å². The molecule has 2 N–H and O–H groups in total. The number of ether oxygens (including phenoxy) is 1. The van der Waals surface area contributed by atoms with Crippen molar-refractivity contribution in [3.05, 3.63) is 58.3 Å². The van der Waals surface area contributed by atoms with E-state index in [-0.39, 0.29) is 18.1 Å². The predicted octanol–water partition coefficient (Wildman–Crippen LogP) is 1.55. The minimum absolute atomic E-state index is 0.134. The molecule has 0 aliphatic carbocycles. The van der Waals surface area contributed by atoms with Crippen LogP contribution in [0.5, 0.6) is 5.75 Å². The number of nitrogens with zero attached hydrogens (tertiary/aromatic N) is 2. The Morgan fingerprint density at radius 1 is 1.38 bits per heavy atom. The van der Waals surface area contributed by atoms with E-state index in [1.807, 2.05) is 24.3 Å². The van der Waals surface area contributed by atoms with Gasteiger partial charge in [0.05, 0.1) is 25.0 Å². The van der Waals surface area contributed by atoms with Gasteiger partial charge in [0.2, 0.25) is 0 Å². The first-order valence-corrected chi connectivity index (χ1v) is 8.72. The molecule has 2 heterocycles. The molecular weight excluding hydrogens is 334 g/mol. The lowest BCUT2D eigenvalue weighted by Crippen LogP contribution is -2.51. The van der Waals surface area contributed by atoms with Gasteiger partial charge in [-0.2, -0.15) is 0 Å². The van der Waals surface area contributed by atoms with E-state index in [1.54, 1.807) is 4.90 Å². The third-order valence-corrected chi connectivity index (χ3v) is 4.51. The number of carbonyl (C=O) groups is 1. The van der Waals surface area contributed by atoms with Crippen LogP contribution in [0.1, 0.15) is 42.2 Å². The number of hydrogen-bond acceptors (Lipinski definition) is 5. The summed E-state index contributed by atoms with van der Waals surface area (Å²) in [4.78, 5) is 31.8. The van der Waals surface area contributed by atoms with Gasteiger partial charge in [0.25, 0.3) is 11.5 Å². The smallest absolute Gasteiger partial charge is 0.272 e. The number of benzene rings is 1. The van der Waals surface area contributed by atoms with E-state index in [4.69, 9.17) is 4.74 Å². The molecule has 0 radical (unpaired) electrons. The molecule has 1 aliphatic rings. The number of nitrogens with one attached hydrogen (secondary N) is 1. The quantitative estimate of drug-likeness (QED) is 0.866. The van der Waals surface area contributed by atoms with Crippen LogP contribution >= 0.6 is 0 Å². The first-order valence-electron chi connectivity index (χ1n) is 8.72. The maximum Gasteiger partial charge on any atom is 0.272 e. The molecule has 0 spiro atoms. The van der Waals surface area contributed by atoms with Crippen LogP contribution in [-0.4, -0.2) is 51.2 Å². The molecule has 1 amide bonds. The summed E-state index contributed by atoms with van der Waals surface area (Å²) in [6, 6.07) is 7.75. The SMILES string of the molecule is CC(C)c1cccc(O[C@@H]2CN(C(=O)c3cncc(=O)[nH]3)CC[C@H]2O)c1. The van der Waals surface area contributed by atoms with Gasteiger partial charge in [-0.3, -0.25) is 14.6 Å². The summed E-state index contributed by atoms with van der Waals surface area (Å²) in [6.45, 7) is 4.83. The summed E-state index contributed by atoms with van der Waals surface area (Å²) >= 11 is 0. The Labute approximate surface area is 151 Å². The second kappa shape index (κ2) is 7.70. The average Bonchev–Trinajstić information content (AvgIpc) is 2.63. The van der Waals surface area contributed by atoms with Crippen molar-refractivity contribution >= 4 is 5.91 Å². The topological polar surface area (TPSA) is 95.5 Å². The summed E-state index contributed by atoms with van der Waals surface area (Å²) in [5.74, 6) is 0.714. The fourth-order valence-electron chi connectivity index (χ4n) is 2.98. The van der Waals surface area contributed by atoms with Crippen LogP contribution < -0.4 is 10.3 Å². The number of rotatable bonds is 4. The molecule has 3 rings (SSSR count). The van der Waals surface area contributed by atoms with Crippen molar-refractivity contribution in [3.8, 4) is 5.75 Å². The molecule has 26 heavy (non-hydrogen) atoms. The molecule has 2 atom stereocenters. The summed E-state index contributed by atoms with van der Waals surface area (Å²) < 4.78 is 5.97. The maximum atomic E-state index is 12.6. The Kier molecular flexibility index (Phi) is 5.37. The van der Waals surface area contributed by atoms with Crippen LogP contribution in [0.15, 0.2) is 41.5 Å². The van der Waals surface area contributed by atoms with Gasteiger partial charge >= 0.3 is 0 Å². The Bertz CT molecular complexity index is 833. The fraction of sp³-hybridized carbons (Fsp3) is 0.421. The van der Waals surface area contributed by atoms with Gasteiger partial charge in [-0.05, 0) is 30.0 Å². The highest BCUT2D eigenvalue weighted by atomic mass is 16.5. The normalized spacial score (nSPS) is 20.2. The number of aromatic nitrogens is 2. The zero-order valence-corrected chi connectivity index (χ0v) is 14.9. The highest BCUT2D eigenvalue weighted by molar-refractivity contribution is 5.92. The molecule has 2 aromatic rings. The van der Waals surface area contributed by atoms with E-state index in [2.05, 4.69) is 23.8 Å². The number of aliphatic hydroxyl groups excluding tert-OH is 1. The lowest BCUT2D eigenvalue weighted by molar-refractivity contribution is -0.0194. The lowest BCUT2D eigenvalue weighted by atomic mass is 10.0. The predicted molar refractivity (Wildman–Crippen MR) is 96.3 cm³/mol. The summed E-state index contributed by atoms with van der Waals surface area (Å²) in [6.07, 6.45) is 1.67. The molecule has 1 aromatic heterocycles. The monoisotopic (exact) mass is 357 g/mol. The van der Waals surface area contributed by atoms with E-state index in [0.29, 0.717) is 24.6 Å². The number of likely N-dealkylation sites (tertiary alicyclic amines) is 1. The van der Waals surface area contributed by atoms with Crippen LogP contribution in [0.4, 0.5) is 0 Å². The lowest BCUT2D eigenvalue weighted by Gasteiger charge is -2.36. The fourth-order valence-corrected chi connectivity index (χ4v) is 2.98. The summed E-state index contributed by atoms with van der Waals surface area (Å²) in [7, 11) is 0. The molecule has 0 bridgehead atoms. The molecule has 1 saturated heterocycles. The Morgan fingerprint density at radius 3 is 2.92 bits per heavy atom. The Balaban J connectivity index is 1.73. The van der Waals surface area contributed by atoms with Gasteiger partial charge in [-0.15, -0.1) is 0 Å². The number of aromatic amines is 1. The van der Waals surface area contributed by atoms with Crippen LogP contribution in [-0.2, 0) is 0 Å². The second-order valence-corrected chi connectivity index (χ2v) is 6.80. The van der Waals surface area contributed by atoms with Crippen LogP contribution in [0.3, 0.4) is 0 Å². The standard InChI is InChI=1S/C19H23N3O4/c1-12(2)13-4-3-5-14(8-13)26-17-11-22(7-6-16(17)23)19(25)15-9-20-10-18(24)21-15/h3-5,8-10,12,16-17,23H,6-7,11H2,1-2H3,(H,21,24)/t16-,17-/m1/s1. The molecule has 7 heteroatoms. The van der Waals surface area contributed by atoms with Crippen molar-refractivity contribution in [3.63, 3.8) is 0 Å². The maximum absolute atomic E-state index is 12.6. The summed E-state index contributed by atoms with van der Waals surface area (Å²) in [5.41, 5.74) is 0.856. The molecule has 1 aliphatic heterocycles. The highest BCUT2D eigenvalue weighted by Crippen LogP contribution is 2.24. The minimum Gasteiger partial charge on any atom is -0.486 e. The van der Waals surface area contributed by atoms with Gasteiger partial charge in [0, 0.05) is 6.54 Å². The van der Waals surface area contributed by atoms with Gasteiger partial charge in [-0.25, -0.2) is 0 Å². The average molecular weight is 357 g/mol. The van der Waals surface area contributed by atoms with Gasteiger partial charge in [0.15, 0.2) is 0 Å². The van der Waals surface area contributed by atoms with Crippen molar-refractivity contribution < 1.29 is 14.6 Å². The van der Waals surface area contributed by atoms with Crippen molar-refractivity contribution in [2.75, 3.05) is 13.1 Å². The minimum atomic E-state index is -0.658. The van der Waals surface area contributed by atoms with E-state index in [0.717, 1.165) is 11.8 Å². The largest absolute Gasteiger partial charge is 0.486 e. The number of H-pyrrole nitrogens is 1. The molecule has 7 nitrogen and oxygen atoms in total.